The minimum absolute atomic E-state index is 0.0561. The Hall–Kier alpha value is -1.40. The highest BCUT2D eigenvalue weighted by Crippen LogP contribution is 2.37. The van der Waals surface area contributed by atoms with Gasteiger partial charge in [-0.1, -0.05) is 11.6 Å². The van der Waals surface area contributed by atoms with Crippen LogP contribution in [0.15, 0.2) is 22.8 Å². The van der Waals surface area contributed by atoms with Gasteiger partial charge in [0, 0.05) is 6.07 Å². The quantitative estimate of drug-likeness (QED) is 0.546. The molecule has 0 aliphatic carbocycles. The topological polar surface area (TPSA) is 122 Å². The molecule has 0 bridgehead atoms. The summed E-state index contributed by atoms with van der Waals surface area (Å²) in [5, 5.41) is -0.250. The summed E-state index contributed by atoms with van der Waals surface area (Å²) in [6, 6.07) is 2.46. The molecule has 0 spiro atoms. The molecule has 0 fully saturated rings. The first-order valence-corrected chi connectivity index (χ1v) is 6.31. The lowest BCUT2D eigenvalue weighted by molar-refractivity contribution is 0.387. The van der Waals surface area contributed by atoms with E-state index in [0.717, 1.165) is 12.3 Å². The van der Waals surface area contributed by atoms with Crippen LogP contribution in [0.1, 0.15) is 0 Å². The SMILES string of the molecule is Nc1cc(Cl)nc(-c2occc2P(=O)(O)O)n1. The summed E-state index contributed by atoms with van der Waals surface area (Å²) in [5.74, 6) is -0.140. The average molecular weight is 276 g/mol. The van der Waals surface area contributed by atoms with Gasteiger partial charge >= 0.3 is 7.60 Å². The Kier molecular flexibility index (Phi) is 2.92. The second kappa shape index (κ2) is 4.12. The molecule has 0 aromatic carbocycles. The normalized spacial score (nSPS) is 11.7. The zero-order valence-electron chi connectivity index (χ0n) is 8.24. The smallest absolute Gasteiger partial charge is 0.360 e. The van der Waals surface area contributed by atoms with Crippen molar-refractivity contribution in [3.63, 3.8) is 0 Å². The molecule has 17 heavy (non-hydrogen) atoms. The van der Waals surface area contributed by atoms with Gasteiger partial charge in [0.05, 0.1) is 6.26 Å². The molecular weight excluding hydrogens is 269 g/mol. The Morgan fingerprint density at radius 1 is 1.41 bits per heavy atom. The molecule has 4 N–H and O–H groups in total. The lowest BCUT2D eigenvalue weighted by atomic mass is 10.4. The van der Waals surface area contributed by atoms with Crippen molar-refractivity contribution < 1.29 is 18.8 Å². The first-order valence-electron chi connectivity index (χ1n) is 4.32. The van der Waals surface area contributed by atoms with Crippen LogP contribution in [0.5, 0.6) is 0 Å². The number of furan rings is 1. The molecule has 0 saturated carbocycles. The van der Waals surface area contributed by atoms with Gasteiger partial charge in [-0.25, -0.2) is 9.97 Å². The van der Waals surface area contributed by atoms with Crippen LogP contribution >= 0.6 is 19.2 Å². The van der Waals surface area contributed by atoms with Crippen molar-refractivity contribution >= 4 is 30.3 Å². The van der Waals surface area contributed by atoms with Gasteiger partial charge in [-0.2, -0.15) is 0 Å². The van der Waals surface area contributed by atoms with Gasteiger partial charge < -0.3 is 19.9 Å². The third-order valence-corrected chi connectivity index (χ3v) is 3.05. The van der Waals surface area contributed by atoms with Crippen molar-refractivity contribution in [2.75, 3.05) is 5.73 Å². The Morgan fingerprint density at radius 3 is 2.71 bits per heavy atom. The van der Waals surface area contributed by atoms with Crippen molar-refractivity contribution in [1.29, 1.82) is 0 Å². The molecule has 7 nitrogen and oxygen atoms in total. The van der Waals surface area contributed by atoms with Gasteiger partial charge in [0.25, 0.3) is 0 Å². The zero-order chi connectivity index (χ0) is 12.6. The van der Waals surface area contributed by atoms with E-state index in [-0.39, 0.29) is 27.9 Å². The number of nitrogens with zero attached hydrogens (tertiary/aromatic N) is 2. The van der Waals surface area contributed by atoms with Crippen molar-refractivity contribution in [1.82, 2.24) is 9.97 Å². The molecule has 2 rings (SSSR count). The molecule has 0 saturated heterocycles. The first-order chi connectivity index (χ1) is 7.88. The second-order valence-corrected chi connectivity index (χ2v) is 5.08. The van der Waals surface area contributed by atoms with E-state index in [4.69, 9.17) is 31.5 Å². The monoisotopic (exact) mass is 275 g/mol. The number of halogens is 1. The number of anilines is 1. The number of nitrogens with two attached hydrogens (primary N) is 1. The standard InChI is InChI=1S/C8H7ClN3O4P/c9-5-3-6(10)12-8(11-5)7-4(1-2-16-7)17(13,14)15/h1-3H,(H2,10,11,12)(H2,13,14,15). The molecule has 2 heterocycles. The van der Waals surface area contributed by atoms with Gasteiger partial charge in [-0.3, -0.25) is 4.57 Å². The average Bonchev–Trinajstić information content (AvgIpc) is 2.63. The van der Waals surface area contributed by atoms with Gasteiger partial charge in [0.15, 0.2) is 11.6 Å². The summed E-state index contributed by atoms with van der Waals surface area (Å²) in [6.07, 6.45) is 1.13. The Labute approximate surface area is 100 Å². The molecule has 2 aromatic heterocycles. The minimum atomic E-state index is -4.46. The number of nitrogen functional groups attached to an aromatic ring is 1. The summed E-state index contributed by atoms with van der Waals surface area (Å²) in [6.45, 7) is 0. The summed E-state index contributed by atoms with van der Waals surface area (Å²) in [4.78, 5) is 25.8. The van der Waals surface area contributed by atoms with Crippen molar-refractivity contribution in [3.8, 4) is 11.6 Å². The van der Waals surface area contributed by atoms with Crippen LogP contribution in [0.25, 0.3) is 11.6 Å². The molecular formula is C8H7ClN3O4P. The van der Waals surface area contributed by atoms with Crippen LogP contribution in [-0.2, 0) is 4.57 Å². The molecule has 0 amide bonds. The predicted octanol–water partition coefficient (Wildman–Crippen LogP) is 0.775. The first kappa shape index (κ1) is 12.1. The Balaban J connectivity index is 2.61. The number of hydrogen-bond donors (Lipinski definition) is 3. The fraction of sp³-hybridized carbons (Fsp3) is 0. The van der Waals surface area contributed by atoms with E-state index in [9.17, 15) is 4.57 Å². The summed E-state index contributed by atoms with van der Waals surface area (Å²) in [7, 11) is -4.46. The van der Waals surface area contributed by atoms with E-state index in [1.165, 1.54) is 6.07 Å². The fourth-order valence-corrected chi connectivity index (χ4v) is 2.10. The van der Waals surface area contributed by atoms with E-state index in [1.54, 1.807) is 0 Å². The van der Waals surface area contributed by atoms with Crippen molar-refractivity contribution in [2.24, 2.45) is 0 Å². The highest BCUT2D eigenvalue weighted by atomic mass is 35.5. The number of rotatable bonds is 2. The van der Waals surface area contributed by atoms with Crippen LogP contribution < -0.4 is 11.0 Å². The predicted molar refractivity (Wildman–Crippen MR) is 60.8 cm³/mol. The molecule has 0 aliphatic rings. The van der Waals surface area contributed by atoms with E-state index in [0.29, 0.717) is 0 Å². The van der Waals surface area contributed by atoms with Crippen molar-refractivity contribution in [3.05, 3.63) is 23.5 Å². The van der Waals surface area contributed by atoms with Crippen LogP contribution in [0, 0.1) is 0 Å². The van der Waals surface area contributed by atoms with E-state index in [2.05, 4.69) is 9.97 Å². The van der Waals surface area contributed by atoms with Gasteiger partial charge in [-0.15, -0.1) is 0 Å². The number of hydrogen-bond acceptors (Lipinski definition) is 5. The third kappa shape index (κ3) is 2.48. The van der Waals surface area contributed by atoms with E-state index < -0.39 is 7.60 Å². The lowest BCUT2D eigenvalue weighted by Gasteiger charge is -2.04. The van der Waals surface area contributed by atoms with Gasteiger partial charge in [0.2, 0.25) is 0 Å². The van der Waals surface area contributed by atoms with Crippen LogP contribution in [0.4, 0.5) is 5.82 Å². The van der Waals surface area contributed by atoms with Crippen LogP contribution in [0.3, 0.4) is 0 Å². The van der Waals surface area contributed by atoms with E-state index in [1.807, 2.05) is 0 Å². The summed E-state index contributed by atoms with van der Waals surface area (Å²) >= 11 is 5.67. The maximum Gasteiger partial charge on any atom is 0.360 e. The molecule has 0 atom stereocenters. The highest BCUT2D eigenvalue weighted by Gasteiger charge is 2.26. The minimum Gasteiger partial charge on any atom is -0.460 e. The largest absolute Gasteiger partial charge is 0.460 e. The maximum absolute atomic E-state index is 11.2. The molecule has 90 valence electrons. The zero-order valence-corrected chi connectivity index (χ0v) is 9.89. The third-order valence-electron chi connectivity index (χ3n) is 1.88. The van der Waals surface area contributed by atoms with Gasteiger partial charge in [-0.05, 0) is 6.07 Å². The molecule has 0 radical (unpaired) electrons. The number of aromatic nitrogens is 2. The van der Waals surface area contributed by atoms with Gasteiger partial charge in [0.1, 0.15) is 16.3 Å². The maximum atomic E-state index is 11.2. The van der Waals surface area contributed by atoms with Crippen LogP contribution in [0.2, 0.25) is 5.15 Å². The molecule has 0 aliphatic heterocycles. The Bertz CT molecular complexity index is 588. The fourth-order valence-electron chi connectivity index (χ4n) is 1.24. The second-order valence-electron chi connectivity index (χ2n) is 3.12. The van der Waals surface area contributed by atoms with E-state index >= 15 is 0 Å². The summed E-state index contributed by atoms with van der Waals surface area (Å²) in [5.41, 5.74) is 5.45. The molecule has 2 aromatic rings. The molecule has 0 unspecified atom stereocenters. The summed E-state index contributed by atoms with van der Waals surface area (Å²) < 4.78 is 16.1. The van der Waals surface area contributed by atoms with Crippen LogP contribution in [-0.4, -0.2) is 19.8 Å². The molecule has 9 heteroatoms. The Morgan fingerprint density at radius 2 is 2.12 bits per heavy atom. The van der Waals surface area contributed by atoms with Crippen molar-refractivity contribution in [2.45, 2.75) is 0 Å². The highest BCUT2D eigenvalue weighted by molar-refractivity contribution is 7.60. The lowest BCUT2D eigenvalue weighted by Crippen LogP contribution is -2.06.